The quantitative estimate of drug-likeness (QED) is 0.772. The molecule has 140 valence electrons. The van der Waals surface area contributed by atoms with Gasteiger partial charge >= 0.3 is 0 Å². The molecule has 6 heteroatoms. The molecule has 0 spiro atoms. The second-order valence-corrected chi connectivity index (χ2v) is 8.59. The zero-order valence-electron chi connectivity index (χ0n) is 16.7. The van der Waals surface area contributed by atoms with E-state index in [2.05, 4.69) is 18.1 Å². The first-order valence-electron chi connectivity index (χ1n) is 9.30. The number of aromatic nitrogens is 3. The molecule has 2 aliphatic rings. The predicted octanol–water partition coefficient (Wildman–Crippen LogP) is 3.57. The Morgan fingerprint density at radius 2 is 2.04 bits per heavy atom. The summed E-state index contributed by atoms with van der Waals surface area (Å²) in [5.41, 5.74) is 4.20. The van der Waals surface area contributed by atoms with Gasteiger partial charge in [0.1, 0.15) is 11.8 Å². The summed E-state index contributed by atoms with van der Waals surface area (Å²) in [5, 5.41) is 18.5. The summed E-state index contributed by atoms with van der Waals surface area (Å²) in [7, 11) is 1.94. The topological polar surface area (TPSA) is 84.7 Å². The number of ketones is 1. The molecule has 2 unspecified atom stereocenters. The van der Waals surface area contributed by atoms with Crippen molar-refractivity contribution in [2.24, 2.45) is 18.4 Å². The van der Waals surface area contributed by atoms with Crippen LogP contribution in [0.3, 0.4) is 0 Å². The zero-order valence-corrected chi connectivity index (χ0v) is 16.7. The van der Waals surface area contributed by atoms with Crippen molar-refractivity contribution in [1.82, 2.24) is 14.9 Å². The van der Waals surface area contributed by atoms with Crippen LogP contribution in [-0.2, 0) is 23.7 Å². The maximum atomic E-state index is 12.8. The molecule has 2 heterocycles. The van der Waals surface area contributed by atoms with Gasteiger partial charge in [-0.05, 0) is 32.6 Å². The summed E-state index contributed by atoms with van der Waals surface area (Å²) in [5.74, 6) is 0.824. The number of carbonyl (C=O) groups excluding carboxylic acids is 1. The van der Waals surface area contributed by atoms with Gasteiger partial charge in [-0.1, -0.05) is 32.0 Å². The average molecular weight is 364 g/mol. The van der Waals surface area contributed by atoms with Crippen molar-refractivity contribution in [3.8, 4) is 17.3 Å². The molecule has 2 aromatic heterocycles. The van der Waals surface area contributed by atoms with Gasteiger partial charge in [-0.2, -0.15) is 10.4 Å². The van der Waals surface area contributed by atoms with E-state index >= 15 is 0 Å². The molecule has 2 aliphatic carbocycles. The minimum Gasteiger partial charge on any atom is -0.361 e. The summed E-state index contributed by atoms with van der Waals surface area (Å²) in [4.78, 5) is 12.8. The van der Waals surface area contributed by atoms with Crippen molar-refractivity contribution >= 4 is 5.78 Å². The van der Waals surface area contributed by atoms with E-state index in [1.165, 1.54) is 5.56 Å². The first-order chi connectivity index (χ1) is 12.6. The summed E-state index contributed by atoms with van der Waals surface area (Å²) < 4.78 is 7.28. The van der Waals surface area contributed by atoms with E-state index in [1.54, 1.807) is 0 Å². The molecule has 6 nitrogen and oxygen atoms in total. The Kier molecular flexibility index (Phi) is 3.55. The van der Waals surface area contributed by atoms with Gasteiger partial charge in [0.05, 0.1) is 28.2 Å². The first kappa shape index (κ1) is 17.7. The van der Waals surface area contributed by atoms with Crippen molar-refractivity contribution in [2.75, 3.05) is 0 Å². The molecule has 0 aliphatic heterocycles. The molecule has 2 aromatic rings. The lowest BCUT2D eigenvalue weighted by molar-refractivity contribution is -0.128. The van der Waals surface area contributed by atoms with Gasteiger partial charge in [-0.15, -0.1) is 0 Å². The standard InChI is InChI=1S/C21H24N4O2/c1-11-16(12(2)27-24-11)17-14-7-8-15-20(3,4)19(26)13(10-22)9-21(15,5)18(14)23-25(17)6/h9,15H,7-8H2,1-6H3. The van der Waals surface area contributed by atoms with Crippen LogP contribution in [0.2, 0.25) is 0 Å². The monoisotopic (exact) mass is 364 g/mol. The Morgan fingerprint density at radius 3 is 2.63 bits per heavy atom. The number of nitriles is 1. The summed E-state index contributed by atoms with van der Waals surface area (Å²) >= 11 is 0. The van der Waals surface area contributed by atoms with Crippen LogP contribution in [0.15, 0.2) is 16.2 Å². The fourth-order valence-corrected chi connectivity index (χ4v) is 5.36. The van der Waals surface area contributed by atoms with E-state index < -0.39 is 10.8 Å². The van der Waals surface area contributed by atoms with E-state index in [-0.39, 0.29) is 17.3 Å². The number of Topliss-reactive ketones (excluding diaryl/α,β-unsaturated/α-hetero) is 1. The minimum atomic E-state index is -0.590. The highest BCUT2D eigenvalue weighted by molar-refractivity contribution is 6.04. The number of allylic oxidation sites excluding steroid dienone is 2. The van der Waals surface area contributed by atoms with E-state index in [9.17, 15) is 10.1 Å². The Labute approximate surface area is 158 Å². The van der Waals surface area contributed by atoms with Crippen LogP contribution in [0, 0.1) is 36.5 Å². The molecule has 0 N–H and O–H groups in total. The van der Waals surface area contributed by atoms with Gasteiger partial charge in [-0.25, -0.2) is 0 Å². The molecule has 0 saturated carbocycles. The number of hydrogen-bond donors (Lipinski definition) is 0. The van der Waals surface area contributed by atoms with Gasteiger partial charge in [0.2, 0.25) is 0 Å². The van der Waals surface area contributed by atoms with Crippen LogP contribution in [0.25, 0.3) is 11.3 Å². The third kappa shape index (κ3) is 2.14. The van der Waals surface area contributed by atoms with Gasteiger partial charge in [0, 0.05) is 23.4 Å². The molecule has 0 saturated heterocycles. The third-order valence-corrected chi connectivity index (χ3v) is 6.60. The van der Waals surface area contributed by atoms with E-state index in [0.29, 0.717) is 0 Å². The fourth-order valence-electron chi connectivity index (χ4n) is 5.36. The second kappa shape index (κ2) is 5.41. The van der Waals surface area contributed by atoms with Crippen LogP contribution >= 0.6 is 0 Å². The number of fused-ring (bicyclic) bond motifs is 3. The molecule has 4 rings (SSSR count). The Morgan fingerprint density at radius 1 is 1.33 bits per heavy atom. The summed E-state index contributed by atoms with van der Waals surface area (Å²) in [6, 6.07) is 2.12. The fraction of sp³-hybridized carbons (Fsp3) is 0.524. The Bertz CT molecular complexity index is 1030. The van der Waals surface area contributed by atoms with Gasteiger partial charge in [-0.3, -0.25) is 9.48 Å². The van der Waals surface area contributed by atoms with Crippen molar-refractivity contribution in [1.29, 1.82) is 5.26 Å². The lowest BCUT2D eigenvalue weighted by atomic mass is 9.52. The predicted molar refractivity (Wildman–Crippen MR) is 99.8 cm³/mol. The largest absolute Gasteiger partial charge is 0.361 e. The average Bonchev–Trinajstić information content (AvgIpc) is 3.10. The van der Waals surface area contributed by atoms with Gasteiger partial charge in [0.25, 0.3) is 0 Å². The third-order valence-electron chi connectivity index (χ3n) is 6.60. The molecule has 0 amide bonds. The molecule has 27 heavy (non-hydrogen) atoms. The normalized spacial score (nSPS) is 26.2. The number of hydrogen-bond acceptors (Lipinski definition) is 5. The molecule has 0 fully saturated rings. The maximum absolute atomic E-state index is 12.8. The summed E-state index contributed by atoms with van der Waals surface area (Å²) in [6.07, 6.45) is 3.57. The Hall–Kier alpha value is -2.68. The molecule has 0 aromatic carbocycles. The highest BCUT2D eigenvalue weighted by Crippen LogP contribution is 2.55. The Balaban J connectivity index is 2.00. The van der Waals surface area contributed by atoms with Crippen LogP contribution in [0.1, 0.15) is 49.9 Å². The molecular formula is C21H24N4O2. The minimum absolute atomic E-state index is 0.0576. The first-order valence-corrected chi connectivity index (χ1v) is 9.30. The van der Waals surface area contributed by atoms with Crippen molar-refractivity contribution in [3.63, 3.8) is 0 Å². The summed E-state index contributed by atoms with van der Waals surface area (Å²) in [6.45, 7) is 9.90. The lowest BCUT2D eigenvalue weighted by Crippen LogP contribution is -2.51. The van der Waals surface area contributed by atoms with Crippen molar-refractivity contribution < 1.29 is 9.32 Å². The van der Waals surface area contributed by atoms with Crippen LogP contribution in [-0.4, -0.2) is 20.7 Å². The van der Waals surface area contributed by atoms with E-state index in [1.807, 2.05) is 45.5 Å². The maximum Gasteiger partial charge on any atom is 0.178 e. The number of carbonyl (C=O) groups is 1. The van der Waals surface area contributed by atoms with Crippen LogP contribution in [0.4, 0.5) is 0 Å². The molecule has 0 radical (unpaired) electrons. The molecule has 2 atom stereocenters. The van der Waals surface area contributed by atoms with E-state index in [0.717, 1.165) is 41.2 Å². The molecular weight excluding hydrogens is 340 g/mol. The van der Waals surface area contributed by atoms with Crippen LogP contribution in [0.5, 0.6) is 0 Å². The van der Waals surface area contributed by atoms with Crippen molar-refractivity contribution in [2.45, 2.75) is 52.9 Å². The second-order valence-electron chi connectivity index (χ2n) is 8.59. The van der Waals surface area contributed by atoms with Crippen LogP contribution < -0.4 is 0 Å². The van der Waals surface area contributed by atoms with Gasteiger partial charge in [0.15, 0.2) is 5.78 Å². The smallest absolute Gasteiger partial charge is 0.178 e. The highest BCUT2D eigenvalue weighted by Gasteiger charge is 2.55. The van der Waals surface area contributed by atoms with E-state index in [4.69, 9.17) is 9.62 Å². The highest BCUT2D eigenvalue weighted by atomic mass is 16.5. The zero-order chi connectivity index (χ0) is 19.7. The molecule has 0 bridgehead atoms. The number of nitrogens with zero attached hydrogens (tertiary/aromatic N) is 4. The van der Waals surface area contributed by atoms with Crippen molar-refractivity contribution in [3.05, 3.63) is 34.4 Å². The lowest BCUT2D eigenvalue weighted by Gasteiger charge is -2.49. The number of aryl methyl sites for hydroxylation is 3. The SMILES string of the molecule is Cc1noc(C)c1-c1c2c(nn1C)C1(C)C=C(C#N)C(=O)C(C)(C)C1CC2. The van der Waals surface area contributed by atoms with Gasteiger partial charge < -0.3 is 4.52 Å². The number of rotatable bonds is 1.